The molecule has 1 aromatic rings. The molecule has 0 spiro atoms. The third-order valence-electron chi connectivity index (χ3n) is 1.94. The van der Waals surface area contributed by atoms with E-state index in [9.17, 15) is 0 Å². The summed E-state index contributed by atoms with van der Waals surface area (Å²) in [6, 6.07) is 4.20. The minimum atomic E-state index is 1.31. The van der Waals surface area contributed by atoms with Gasteiger partial charge in [0.2, 0.25) is 0 Å². The standard InChI is InChI=1S/C8H10N/c1-3-7(4-1)8-5-2-6-9-8/h2,5-6,9H,1,3-4H2. The van der Waals surface area contributed by atoms with Crippen LogP contribution in [0.5, 0.6) is 0 Å². The molecule has 1 radical (unpaired) electrons. The van der Waals surface area contributed by atoms with Crippen LogP contribution in [0.2, 0.25) is 0 Å². The zero-order valence-corrected chi connectivity index (χ0v) is 5.35. The maximum atomic E-state index is 3.20. The quantitative estimate of drug-likeness (QED) is 0.584. The van der Waals surface area contributed by atoms with E-state index in [4.69, 9.17) is 0 Å². The number of aromatic nitrogens is 1. The molecule has 9 heavy (non-hydrogen) atoms. The molecule has 0 atom stereocenters. The first kappa shape index (κ1) is 5.10. The summed E-state index contributed by atoms with van der Waals surface area (Å²) in [5, 5.41) is 0. The minimum absolute atomic E-state index is 1.31. The van der Waals surface area contributed by atoms with Crippen LogP contribution in [-0.4, -0.2) is 4.98 Å². The van der Waals surface area contributed by atoms with E-state index < -0.39 is 0 Å². The van der Waals surface area contributed by atoms with Crippen molar-refractivity contribution in [1.82, 2.24) is 4.98 Å². The van der Waals surface area contributed by atoms with Crippen LogP contribution >= 0.6 is 0 Å². The van der Waals surface area contributed by atoms with Crippen molar-refractivity contribution in [2.24, 2.45) is 0 Å². The summed E-state index contributed by atoms with van der Waals surface area (Å²) in [6.07, 6.45) is 5.98. The van der Waals surface area contributed by atoms with Gasteiger partial charge in [-0.3, -0.25) is 0 Å². The van der Waals surface area contributed by atoms with Crippen molar-refractivity contribution in [3.63, 3.8) is 0 Å². The van der Waals surface area contributed by atoms with E-state index in [1.807, 2.05) is 6.20 Å². The normalized spacial score (nSPS) is 19.6. The van der Waals surface area contributed by atoms with Crippen LogP contribution in [0, 0.1) is 5.92 Å². The lowest BCUT2D eigenvalue weighted by atomic mass is 9.83. The Morgan fingerprint density at radius 1 is 1.33 bits per heavy atom. The van der Waals surface area contributed by atoms with Gasteiger partial charge in [-0.15, -0.1) is 0 Å². The Labute approximate surface area is 55.1 Å². The molecule has 1 heteroatoms. The number of nitrogens with one attached hydrogen (secondary N) is 1. The van der Waals surface area contributed by atoms with Gasteiger partial charge in [0.1, 0.15) is 0 Å². The molecule has 0 bridgehead atoms. The van der Waals surface area contributed by atoms with Gasteiger partial charge < -0.3 is 4.98 Å². The number of rotatable bonds is 1. The highest BCUT2D eigenvalue weighted by molar-refractivity contribution is 5.26. The lowest BCUT2D eigenvalue weighted by Gasteiger charge is -2.22. The first-order valence-corrected chi connectivity index (χ1v) is 3.45. The molecule has 0 aliphatic heterocycles. The fraction of sp³-hybridized carbons (Fsp3) is 0.375. The van der Waals surface area contributed by atoms with Gasteiger partial charge in [0, 0.05) is 17.8 Å². The van der Waals surface area contributed by atoms with Crippen LogP contribution in [0.1, 0.15) is 25.0 Å². The smallest absolute Gasteiger partial charge is 0.0219 e. The molecular weight excluding hydrogens is 110 g/mol. The van der Waals surface area contributed by atoms with Crippen molar-refractivity contribution in [3.05, 3.63) is 29.9 Å². The van der Waals surface area contributed by atoms with Crippen molar-refractivity contribution in [3.8, 4) is 0 Å². The molecule has 47 valence electrons. The third-order valence-corrected chi connectivity index (χ3v) is 1.94. The summed E-state index contributed by atoms with van der Waals surface area (Å²) in [5.41, 5.74) is 1.35. The van der Waals surface area contributed by atoms with Crippen LogP contribution < -0.4 is 0 Å². The van der Waals surface area contributed by atoms with Gasteiger partial charge in [-0.2, -0.15) is 0 Å². The molecule has 1 nitrogen and oxygen atoms in total. The summed E-state index contributed by atoms with van der Waals surface area (Å²) >= 11 is 0. The molecule has 1 saturated carbocycles. The van der Waals surface area contributed by atoms with E-state index in [1.54, 1.807) is 5.92 Å². The van der Waals surface area contributed by atoms with Gasteiger partial charge in [0.05, 0.1) is 0 Å². The fourth-order valence-electron chi connectivity index (χ4n) is 1.17. The van der Waals surface area contributed by atoms with Gasteiger partial charge in [0.25, 0.3) is 0 Å². The SMILES string of the molecule is c1c[nH]c([C]2CCC2)c1. The highest BCUT2D eigenvalue weighted by Crippen LogP contribution is 2.33. The number of H-pyrrole nitrogens is 1. The second-order valence-electron chi connectivity index (χ2n) is 2.54. The molecular formula is C8H10N. The zero-order valence-electron chi connectivity index (χ0n) is 5.35. The van der Waals surface area contributed by atoms with Crippen molar-refractivity contribution < 1.29 is 0 Å². The average molecular weight is 120 g/mol. The number of aromatic amines is 1. The molecule has 1 aromatic heterocycles. The van der Waals surface area contributed by atoms with Gasteiger partial charge in [-0.1, -0.05) is 6.42 Å². The van der Waals surface area contributed by atoms with Crippen LogP contribution in [0.15, 0.2) is 18.3 Å². The van der Waals surface area contributed by atoms with E-state index in [0.717, 1.165) is 0 Å². The molecule has 1 heterocycles. The van der Waals surface area contributed by atoms with Gasteiger partial charge in [-0.25, -0.2) is 0 Å². The maximum Gasteiger partial charge on any atom is 0.0219 e. The third kappa shape index (κ3) is 0.766. The van der Waals surface area contributed by atoms with Gasteiger partial charge >= 0.3 is 0 Å². The topological polar surface area (TPSA) is 15.8 Å². The number of hydrogen-bond acceptors (Lipinski definition) is 0. The summed E-state index contributed by atoms with van der Waals surface area (Å²) < 4.78 is 0. The second-order valence-corrected chi connectivity index (χ2v) is 2.54. The number of hydrogen-bond donors (Lipinski definition) is 1. The highest BCUT2D eigenvalue weighted by Gasteiger charge is 2.20. The zero-order chi connectivity index (χ0) is 6.10. The summed E-state index contributed by atoms with van der Waals surface area (Å²) in [5.74, 6) is 1.60. The Kier molecular flexibility index (Phi) is 1.08. The van der Waals surface area contributed by atoms with Crippen molar-refractivity contribution >= 4 is 0 Å². The Hall–Kier alpha value is -0.720. The molecule has 1 aliphatic carbocycles. The van der Waals surface area contributed by atoms with Crippen LogP contribution in [0.4, 0.5) is 0 Å². The van der Waals surface area contributed by atoms with Gasteiger partial charge in [-0.05, 0) is 25.0 Å². The lowest BCUT2D eigenvalue weighted by molar-refractivity contribution is 0.570. The molecule has 1 N–H and O–H groups in total. The first-order valence-electron chi connectivity index (χ1n) is 3.45. The van der Waals surface area contributed by atoms with Crippen molar-refractivity contribution in [2.75, 3.05) is 0 Å². The molecule has 0 saturated heterocycles. The highest BCUT2D eigenvalue weighted by atomic mass is 14.7. The molecule has 0 aromatic carbocycles. The van der Waals surface area contributed by atoms with E-state index in [-0.39, 0.29) is 0 Å². The Morgan fingerprint density at radius 2 is 2.22 bits per heavy atom. The van der Waals surface area contributed by atoms with Crippen molar-refractivity contribution in [2.45, 2.75) is 19.3 Å². The fourth-order valence-corrected chi connectivity index (χ4v) is 1.17. The predicted octanol–water partition coefficient (Wildman–Crippen LogP) is 2.12. The van der Waals surface area contributed by atoms with Crippen molar-refractivity contribution in [1.29, 1.82) is 0 Å². The molecule has 1 fully saturated rings. The van der Waals surface area contributed by atoms with E-state index in [2.05, 4.69) is 17.1 Å². The monoisotopic (exact) mass is 120 g/mol. The van der Waals surface area contributed by atoms with Crippen LogP contribution in [0.25, 0.3) is 0 Å². The first-order chi connectivity index (χ1) is 4.47. The largest absolute Gasteiger partial charge is 0.365 e. The Bertz CT molecular complexity index is 172. The van der Waals surface area contributed by atoms with E-state index >= 15 is 0 Å². The summed E-state index contributed by atoms with van der Waals surface area (Å²) in [7, 11) is 0. The predicted molar refractivity (Wildman–Crippen MR) is 37.0 cm³/mol. The maximum absolute atomic E-state index is 3.20. The molecule has 1 aliphatic rings. The van der Waals surface area contributed by atoms with E-state index in [0.29, 0.717) is 0 Å². The second kappa shape index (κ2) is 1.90. The van der Waals surface area contributed by atoms with E-state index in [1.165, 1.54) is 25.0 Å². The summed E-state index contributed by atoms with van der Waals surface area (Å²) in [4.78, 5) is 3.20. The average Bonchev–Trinajstić information content (AvgIpc) is 2.11. The lowest BCUT2D eigenvalue weighted by Crippen LogP contribution is -2.09. The Balaban J connectivity index is 2.14. The summed E-state index contributed by atoms with van der Waals surface area (Å²) in [6.45, 7) is 0. The van der Waals surface area contributed by atoms with Crippen LogP contribution in [-0.2, 0) is 0 Å². The molecule has 0 unspecified atom stereocenters. The molecule has 2 rings (SSSR count). The minimum Gasteiger partial charge on any atom is -0.365 e. The Morgan fingerprint density at radius 3 is 2.67 bits per heavy atom. The molecule has 0 amide bonds. The van der Waals surface area contributed by atoms with Gasteiger partial charge in [0.15, 0.2) is 0 Å². The van der Waals surface area contributed by atoms with Crippen LogP contribution in [0.3, 0.4) is 0 Å².